The molecule has 0 aliphatic carbocycles. The number of carbonyl (C=O) groups excluding carboxylic acids is 17. The van der Waals surface area contributed by atoms with Crippen LogP contribution in [0.15, 0.2) is 9.98 Å². The fourth-order valence-electron chi connectivity index (χ4n) is 13.6. The number of rotatable bonds is 58. The van der Waals surface area contributed by atoms with Gasteiger partial charge in [-0.05, 0) is 115 Å². The maximum Gasteiger partial charge on any atom is 0.326 e. The van der Waals surface area contributed by atoms with Gasteiger partial charge in [0, 0.05) is 39.0 Å². The van der Waals surface area contributed by atoms with Crippen LogP contribution in [0.2, 0.25) is 0 Å². The highest BCUT2D eigenvalue weighted by atomic mass is 16.4. The minimum Gasteiger partial charge on any atom is -0.481 e. The van der Waals surface area contributed by atoms with E-state index in [0.717, 1.165) is 30.6 Å². The zero-order valence-corrected chi connectivity index (χ0v) is 75.0. The van der Waals surface area contributed by atoms with Gasteiger partial charge in [-0.15, -0.1) is 0 Å². The molecule has 2 heterocycles. The highest BCUT2D eigenvalue weighted by Crippen LogP contribution is 2.24. The molecule has 17 amide bonds. The predicted molar refractivity (Wildman–Crippen MR) is 459 cm³/mol. The second-order valence-electron chi connectivity index (χ2n) is 33.2. The van der Waals surface area contributed by atoms with Gasteiger partial charge in [-0.2, -0.15) is 0 Å². The van der Waals surface area contributed by atoms with Gasteiger partial charge >= 0.3 is 23.9 Å². The number of carboxylic acids is 4. The van der Waals surface area contributed by atoms with E-state index < -0.39 is 315 Å². The van der Waals surface area contributed by atoms with Crippen molar-refractivity contribution in [2.45, 2.75) is 287 Å². The van der Waals surface area contributed by atoms with E-state index in [4.69, 9.17) is 39.5 Å². The Labute approximate surface area is 754 Å². The van der Waals surface area contributed by atoms with Crippen LogP contribution in [-0.2, 0) is 101 Å². The molecule has 2 fully saturated rings. The highest BCUT2D eigenvalue weighted by molar-refractivity contribution is 6.02. The number of nitrogens with one attached hydrogen (secondary N) is 14. The molecule has 2 saturated heterocycles. The van der Waals surface area contributed by atoms with Crippen molar-refractivity contribution in [3.8, 4) is 0 Å². The first kappa shape index (κ1) is 114. The topological polar surface area (TPSA) is 876 Å². The smallest absolute Gasteiger partial charge is 0.326 e. The summed E-state index contributed by atoms with van der Waals surface area (Å²) in [6.45, 7) is 13.1. The fraction of sp³-hybridized carbons (Fsp3) is 0.705. The van der Waals surface area contributed by atoms with E-state index in [1.54, 1.807) is 13.8 Å². The Balaban J connectivity index is 2.35. The molecular formula is C78H132N24O29. The molecule has 2 aliphatic rings. The molecule has 0 spiro atoms. The van der Waals surface area contributed by atoms with Crippen LogP contribution in [0.1, 0.15) is 172 Å². The summed E-state index contributed by atoms with van der Waals surface area (Å²) in [5.41, 5.74) is 32.9. The average molecular weight is 1870 g/mol. The highest BCUT2D eigenvalue weighted by Gasteiger charge is 2.46. The molecule has 131 heavy (non-hydrogen) atoms. The maximum absolute atomic E-state index is 14.5. The van der Waals surface area contributed by atoms with Gasteiger partial charge in [-0.3, -0.25) is 106 Å². The number of primary amides is 1. The second kappa shape index (κ2) is 55.9. The molecule has 2 rings (SSSR count). The Hall–Kier alpha value is -12.8. The van der Waals surface area contributed by atoms with Gasteiger partial charge in [0.2, 0.25) is 100 Å². The number of guanidine groups is 2. The van der Waals surface area contributed by atoms with Crippen LogP contribution < -0.4 is 109 Å². The summed E-state index contributed by atoms with van der Waals surface area (Å²) < 4.78 is 0. The molecule has 0 radical (unpaired) electrons. The van der Waals surface area contributed by atoms with Crippen molar-refractivity contribution in [3.63, 3.8) is 0 Å². The summed E-state index contributed by atoms with van der Waals surface area (Å²) in [4.78, 5) is 292. The van der Waals surface area contributed by atoms with Crippen molar-refractivity contribution in [1.29, 1.82) is 0 Å². The number of nitrogens with two attached hydrogens (primary N) is 6. The maximum atomic E-state index is 14.5. The van der Waals surface area contributed by atoms with Crippen molar-refractivity contribution in [2.75, 3.05) is 39.3 Å². The number of aliphatic imine (C=N–C) groups is 2. The molecule has 19 atom stereocenters. The van der Waals surface area contributed by atoms with E-state index in [1.165, 1.54) is 41.5 Å². The van der Waals surface area contributed by atoms with Crippen molar-refractivity contribution in [1.82, 2.24) is 84.2 Å². The molecule has 0 unspecified atom stereocenters. The number of hydrogen-bond donors (Lipinski definition) is 28. The number of nitrogens with zero attached hydrogens (tertiary/aromatic N) is 4. The van der Waals surface area contributed by atoms with Gasteiger partial charge in [-0.1, -0.05) is 55.4 Å². The molecule has 53 nitrogen and oxygen atoms in total. The molecule has 2 aliphatic heterocycles. The molecule has 0 bridgehead atoms. The van der Waals surface area contributed by atoms with Crippen LogP contribution in [0, 0.1) is 23.7 Å². The standard InChI is InChI=1S/C78H132N24O29/c1-33(2)28-44(92-69(123)55(34(3)4)96-67(121)48-18-14-26-101(48)74(128)46(30-54(113)114)93-65(119)45(29-53(111)112)91-66(120)47(32-103)94-63(117)42(20-22-50(80)107)88-61(115)40(79)16-12-24-85-77(81)82)64(118)89-41(17-13-25-86-78(83)84)62(116)87-31-51(108)95-58(37(9)104)72(126)100-60(39(11)106)73(127)98-57(36(7)8)75(129)102-27-15-19-49(102)68(122)97-56(35(5)6)70(124)99-59(38(10)105)71(125)90-43(76(130)131)21-23-52(109)110/h33-49,55-60,103-106H,12-32,79H2,1-11H3,(H2,80,107)(H,87,116)(H,88,115)(H,89,118)(H,90,125)(H,91,120)(H,92,123)(H,93,119)(H,94,117)(H,95,108)(H,96,121)(H,97,122)(H,98,127)(H,99,124)(H,100,126)(H,109,110)(H,111,112)(H,113,114)(H,130,131)(H4,81,82,85)(H4,83,84,86)/t37-,38-,39-,40+,41+,42+,43+,44+,45+,46+,47+,48+,49+,55+,56+,57+,58+,59+,60+/m1/s1. The Morgan fingerprint density at radius 2 is 0.740 bits per heavy atom. The number of aliphatic hydroxyl groups excluding tert-OH is 4. The zero-order chi connectivity index (χ0) is 99.9. The summed E-state index contributed by atoms with van der Waals surface area (Å²) in [6, 6.07) is -26.9. The van der Waals surface area contributed by atoms with Crippen LogP contribution in [-0.4, -0.2) is 341 Å². The normalized spacial score (nSPS) is 17.5. The zero-order valence-electron chi connectivity index (χ0n) is 75.0. The molecule has 0 saturated carbocycles. The number of carbonyl (C=O) groups is 21. The van der Waals surface area contributed by atoms with E-state index >= 15 is 0 Å². The number of aliphatic hydroxyl groups is 4. The van der Waals surface area contributed by atoms with Crippen molar-refractivity contribution >= 4 is 136 Å². The van der Waals surface area contributed by atoms with E-state index in [-0.39, 0.29) is 95.9 Å². The summed E-state index contributed by atoms with van der Waals surface area (Å²) in [5, 5.41) is 113. The molecule has 53 heteroatoms. The number of amides is 17. The van der Waals surface area contributed by atoms with Crippen LogP contribution in [0.25, 0.3) is 0 Å². The predicted octanol–water partition coefficient (Wildman–Crippen LogP) is -11.9. The quantitative estimate of drug-likeness (QED) is 0.0153. The van der Waals surface area contributed by atoms with Crippen molar-refractivity contribution in [3.05, 3.63) is 0 Å². The van der Waals surface area contributed by atoms with Gasteiger partial charge in [0.25, 0.3) is 0 Å². The minimum atomic E-state index is -2.19. The van der Waals surface area contributed by atoms with Crippen molar-refractivity contribution in [2.24, 2.45) is 68.1 Å². The Morgan fingerprint density at radius 1 is 0.374 bits per heavy atom. The van der Waals surface area contributed by atoms with Gasteiger partial charge in [-0.25, -0.2) is 4.79 Å². The SMILES string of the molecule is CC(C)C[C@H](NC(=O)[C@@H](NC(=O)[C@@H]1CCCN1C(=O)[C@H](CC(=O)O)NC(=O)[C@H](CC(=O)O)NC(=O)[C@H](CO)NC(=O)[C@H](CCC(N)=O)NC(=O)[C@@H](N)CCCN=C(N)N)C(C)C)C(=O)N[C@@H](CCCN=C(N)N)C(=O)NCC(=O)N[C@H](C(=O)N[C@H](C(=O)N[C@H](C(=O)N1CCC[C@H]1C(=O)N[C@H](C(=O)N[C@H](C(=O)N[C@@H](CCC(=O)O)C(=O)O)[C@@H](C)O)C(C)C)C(C)C)[C@@H](C)O)[C@@H](C)O. The lowest BCUT2D eigenvalue weighted by atomic mass is 9.99. The summed E-state index contributed by atoms with van der Waals surface area (Å²) in [6.07, 6.45) is -9.78. The van der Waals surface area contributed by atoms with E-state index in [2.05, 4.69) is 79.1 Å². The molecule has 0 aromatic rings. The first-order chi connectivity index (χ1) is 61.0. The van der Waals surface area contributed by atoms with Crippen molar-refractivity contribution < 1.29 is 142 Å². The monoisotopic (exact) mass is 1870 g/mol. The number of hydrogen-bond acceptors (Lipinski definition) is 28. The molecule has 738 valence electrons. The Kier molecular flexibility index (Phi) is 48.8. The van der Waals surface area contributed by atoms with E-state index in [9.17, 15) is 136 Å². The third-order valence-corrected chi connectivity index (χ3v) is 20.6. The van der Waals surface area contributed by atoms with Crippen LogP contribution in [0.5, 0.6) is 0 Å². The Bertz CT molecular complexity index is 4080. The first-order valence-corrected chi connectivity index (χ1v) is 42.6. The fourth-order valence-corrected chi connectivity index (χ4v) is 13.6. The molecular weight excluding hydrogens is 1740 g/mol. The van der Waals surface area contributed by atoms with Gasteiger partial charge in [0.15, 0.2) is 11.9 Å². The van der Waals surface area contributed by atoms with E-state index in [0.29, 0.717) is 0 Å². The lowest BCUT2D eigenvalue weighted by Gasteiger charge is -2.33. The second-order valence-corrected chi connectivity index (χ2v) is 33.2. The van der Waals surface area contributed by atoms with E-state index in [1.807, 2.05) is 5.32 Å². The summed E-state index contributed by atoms with van der Waals surface area (Å²) in [7, 11) is 0. The first-order valence-electron chi connectivity index (χ1n) is 42.6. The largest absolute Gasteiger partial charge is 0.481 e. The third kappa shape index (κ3) is 39.6. The molecule has 34 N–H and O–H groups in total. The third-order valence-electron chi connectivity index (χ3n) is 20.6. The van der Waals surface area contributed by atoms with Crippen LogP contribution in [0.4, 0.5) is 0 Å². The lowest BCUT2D eigenvalue weighted by molar-refractivity contribution is -0.147. The number of likely N-dealkylation sites (tertiary alicyclic amines) is 2. The average Bonchev–Trinajstić information content (AvgIpc) is 1.73. The number of aliphatic carboxylic acids is 4. The van der Waals surface area contributed by atoms with Gasteiger partial charge in [0.05, 0.1) is 50.3 Å². The van der Waals surface area contributed by atoms with Gasteiger partial charge in [0.1, 0.15) is 90.6 Å². The number of carboxylic acid groups (broad SMARTS) is 4. The minimum absolute atomic E-state index is 0.00182. The lowest BCUT2D eigenvalue weighted by Crippen LogP contribution is -2.63. The van der Waals surface area contributed by atoms with Crippen LogP contribution >= 0.6 is 0 Å². The van der Waals surface area contributed by atoms with Crippen LogP contribution in [0.3, 0.4) is 0 Å². The summed E-state index contributed by atoms with van der Waals surface area (Å²) >= 11 is 0. The Morgan fingerprint density at radius 3 is 1.18 bits per heavy atom. The van der Waals surface area contributed by atoms with Gasteiger partial charge < -0.3 is 159 Å². The molecule has 0 aromatic heterocycles. The summed E-state index contributed by atoms with van der Waals surface area (Å²) in [5.74, 6) is -28.4. The molecule has 0 aromatic carbocycles.